The minimum absolute atomic E-state index is 0. The summed E-state index contributed by atoms with van der Waals surface area (Å²) in [6.07, 6.45) is 2.41. The lowest BCUT2D eigenvalue weighted by Crippen LogP contribution is -2.57. The van der Waals surface area contributed by atoms with Crippen LogP contribution in [0.3, 0.4) is 0 Å². The maximum Gasteiger partial charge on any atom is 0.326 e. The fourth-order valence-corrected chi connectivity index (χ4v) is 6.49. The van der Waals surface area contributed by atoms with Crippen molar-refractivity contribution in [2.45, 2.75) is 24.9 Å². The Labute approximate surface area is 279 Å². The molecule has 3 aliphatic heterocycles. The zero-order valence-corrected chi connectivity index (χ0v) is 27.4. The number of urea groups is 1. The normalized spacial score (nSPS) is 20.6. The molecule has 0 bridgehead atoms. The van der Waals surface area contributed by atoms with Gasteiger partial charge in [-0.2, -0.15) is 0 Å². The second-order valence-electron chi connectivity index (χ2n) is 11.1. The summed E-state index contributed by atoms with van der Waals surface area (Å²) in [5.41, 5.74) is 2.37. The monoisotopic (exact) mass is 675 g/mol. The van der Waals surface area contributed by atoms with E-state index in [0.29, 0.717) is 46.0 Å². The SMILES string of the molecule is COc1ccc(C2=NC(c3ccc(Cl)cc3)C(c3ccc(Cl)cc3)N2C(=O)N2CCN(N3CCCC3)CC2)c(OCCF)c1.Cl. The van der Waals surface area contributed by atoms with Crippen molar-refractivity contribution in [3.8, 4) is 11.5 Å². The van der Waals surface area contributed by atoms with Gasteiger partial charge in [0, 0.05) is 55.4 Å². The van der Waals surface area contributed by atoms with Crippen LogP contribution < -0.4 is 9.47 Å². The maximum atomic E-state index is 14.7. The molecule has 2 fully saturated rings. The molecule has 8 nitrogen and oxygen atoms in total. The first kappa shape index (κ1) is 33.3. The third kappa shape index (κ3) is 7.18. The molecular formula is C33H37Cl3FN5O3. The van der Waals surface area contributed by atoms with Gasteiger partial charge in [-0.25, -0.2) is 19.2 Å². The van der Waals surface area contributed by atoms with E-state index in [4.69, 9.17) is 37.7 Å². The van der Waals surface area contributed by atoms with E-state index in [1.165, 1.54) is 12.8 Å². The van der Waals surface area contributed by atoms with Crippen molar-refractivity contribution in [3.05, 3.63) is 93.5 Å². The van der Waals surface area contributed by atoms with Crippen molar-refractivity contribution in [2.75, 3.05) is 59.7 Å². The molecule has 2 amide bonds. The quantitative estimate of drug-likeness (QED) is 0.256. The van der Waals surface area contributed by atoms with Crippen LogP contribution in [-0.4, -0.2) is 91.3 Å². The first-order valence-corrected chi connectivity index (χ1v) is 15.8. The summed E-state index contributed by atoms with van der Waals surface area (Å²) in [4.78, 5) is 23.6. The van der Waals surface area contributed by atoms with Crippen molar-refractivity contribution in [1.82, 2.24) is 19.8 Å². The minimum Gasteiger partial charge on any atom is -0.497 e. The molecule has 0 radical (unpaired) electrons. The van der Waals surface area contributed by atoms with Crippen LogP contribution in [0.25, 0.3) is 0 Å². The smallest absolute Gasteiger partial charge is 0.326 e. The Hall–Kier alpha value is -3.08. The highest BCUT2D eigenvalue weighted by Gasteiger charge is 2.45. The summed E-state index contributed by atoms with van der Waals surface area (Å²) in [6.45, 7) is 4.05. The van der Waals surface area contributed by atoms with E-state index in [2.05, 4.69) is 10.0 Å². The number of aliphatic imine (C=N–C) groups is 1. The number of rotatable bonds is 8. The van der Waals surface area contributed by atoms with Crippen LogP contribution in [-0.2, 0) is 0 Å². The number of methoxy groups -OCH3 is 1. The van der Waals surface area contributed by atoms with Gasteiger partial charge >= 0.3 is 6.03 Å². The van der Waals surface area contributed by atoms with Gasteiger partial charge < -0.3 is 14.4 Å². The molecule has 0 saturated carbocycles. The first-order valence-electron chi connectivity index (χ1n) is 15.0. The predicted octanol–water partition coefficient (Wildman–Crippen LogP) is 7.07. The zero-order valence-electron chi connectivity index (χ0n) is 25.1. The number of benzene rings is 3. The highest BCUT2D eigenvalue weighted by molar-refractivity contribution is 6.30. The molecular weight excluding hydrogens is 640 g/mol. The van der Waals surface area contributed by atoms with Crippen LogP contribution in [0, 0.1) is 0 Å². The Bertz CT molecular complexity index is 1480. The van der Waals surface area contributed by atoms with Gasteiger partial charge in [-0.05, 0) is 60.4 Å². The molecule has 2 saturated heterocycles. The van der Waals surface area contributed by atoms with Crippen LogP contribution in [0.2, 0.25) is 10.0 Å². The summed E-state index contributed by atoms with van der Waals surface area (Å²) in [5.74, 6) is 1.40. The number of piperazine rings is 1. The first-order chi connectivity index (χ1) is 21.5. The average Bonchev–Trinajstić information content (AvgIpc) is 3.73. The highest BCUT2D eigenvalue weighted by Crippen LogP contribution is 2.46. The summed E-state index contributed by atoms with van der Waals surface area (Å²) >= 11 is 12.6. The molecule has 0 aromatic heterocycles. The van der Waals surface area contributed by atoms with Crippen molar-refractivity contribution < 1.29 is 18.7 Å². The standard InChI is InChI=1S/C33H36Cl2FN5O3.ClH/c1-43-27-12-13-28(29(22-27)44-21-14-36)32-37-30(23-4-8-25(34)9-5-23)31(24-6-10-26(35)11-7-24)41(32)33(42)38-17-19-40(20-18-38)39-15-2-3-16-39;/h4-13,22,30-31H,2-3,14-21H2,1H3;1H. The zero-order chi connectivity index (χ0) is 30.6. The minimum atomic E-state index is -0.659. The lowest BCUT2D eigenvalue weighted by atomic mass is 9.93. The molecule has 2 atom stereocenters. The molecule has 12 heteroatoms. The van der Waals surface area contributed by atoms with Gasteiger partial charge in [-0.15, -0.1) is 12.4 Å². The molecule has 45 heavy (non-hydrogen) atoms. The van der Waals surface area contributed by atoms with Crippen LogP contribution in [0.4, 0.5) is 9.18 Å². The molecule has 2 unspecified atom stereocenters. The van der Waals surface area contributed by atoms with Crippen molar-refractivity contribution in [1.29, 1.82) is 0 Å². The number of hydrazine groups is 1. The molecule has 3 heterocycles. The number of hydrogen-bond donors (Lipinski definition) is 0. The summed E-state index contributed by atoms with van der Waals surface area (Å²) < 4.78 is 24.6. The van der Waals surface area contributed by atoms with Gasteiger partial charge in [0.25, 0.3) is 0 Å². The largest absolute Gasteiger partial charge is 0.497 e. The van der Waals surface area contributed by atoms with E-state index < -0.39 is 18.8 Å². The van der Waals surface area contributed by atoms with Gasteiger partial charge in [0.2, 0.25) is 0 Å². The number of amidine groups is 1. The molecule has 0 aliphatic carbocycles. The number of carbonyl (C=O) groups excluding carboxylic acids is 1. The average molecular weight is 677 g/mol. The van der Waals surface area contributed by atoms with Crippen LogP contribution in [0.5, 0.6) is 11.5 Å². The number of amides is 2. The number of alkyl halides is 1. The third-order valence-electron chi connectivity index (χ3n) is 8.47. The summed E-state index contributed by atoms with van der Waals surface area (Å²) in [6, 6.07) is 19.3. The summed E-state index contributed by atoms with van der Waals surface area (Å²) in [7, 11) is 1.56. The van der Waals surface area contributed by atoms with E-state index in [1.54, 1.807) is 24.1 Å². The van der Waals surface area contributed by atoms with Crippen molar-refractivity contribution >= 4 is 47.5 Å². The Morgan fingerprint density at radius 2 is 1.47 bits per heavy atom. The number of nitrogens with zero attached hydrogens (tertiary/aromatic N) is 5. The number of ether oxygens (including phenoxy) is 2. The molecule has 0 spiro atoms. The molecule has 240 valence electrons. The Balaban J connectivity index is 0.00000400. The van der Waals surface area contributed by atoms with E-state index in [1.807, 2.05) is 59.5 Å². The Morgan fingerprint density at radius 3 is 2.07 bits per heavy atom. The van der Waals surface area contributed by atoms with Gasteiger partial charge in [0.05, 0.1) is 18.7 Å². The topological polar surface area (TPSA) is 60.9 Å². The van der Waals surface area contributed by atoms with Crippen LogP contribution >= 0.6 is 35.6 Å². The fraction of sp³-hybridized carbons (Fsp3) is 0.394. The lowest BCUT2D eigenvalue weighted by Gasteiger charge is -2.41. The number of carbonyl (C=O) groups is 1. The second-order valence-corrected chi connectivity index (χ2v) is 12.0. The van der Waals surface area contributed by atoms with Gasteiger partial charge in [-0.1, -0.05) is 47.5 Å². The Morgan fingerprint density at radius 1 is 0.867 bits per heavy atom. The van der Waals surface area contributed by atoms with Gasteiger partial charge in [-0.3, -0.25) is 9.89 Å². The fourth-order valence-electron chi connectivity index (χ4n) is 6.24. The molecule has 6 rings (SSSR count). The Kier molecular flexibility index (Phi) is 11.1. The molecule has 3 aliphatic rings. The predicted molar refractivity (Wildman–Crippen MR) is 178 cm³/mol. The number of halogens is 4. The van der Waals surface area contributed by atoms with E-state index in [9.17, 15) is 9.18 Å². The van der Waals surface area contributed by atoms with Crippen molar-refractivity contribution in [2.24, 2.45) is 4.99 Å². The van der Waals surface area contributed by atoms with Gasteiger partial charge in [0.1, 0.15) is 36.7 Å². The highest BCUT2D eigenvalue weighted by atomic mass is 35.5. The second kappa shape index (κ2) is 15.0. The van der Waals surface area contributed by atoms with Crippen LogP contribution in [0.15, 0.2) is 71.7 Å². The van der Waals surface area contributed by atoms with E-state index in [-0.39, 0.29) is 25.0 Å². The molecule has 0 N–H and O–H groups in total. The molecule has 3 aromatic rings. The van der Waals surface area contributed by atoms with E-state index in [0.717, 1.165) is 37.3 Å². The van der Waals surface area contributed by atoms with E-state index >= 15 is 0 Å². The number of hydrogen-bond acceptors (Lipinski definition) is 6. The summed E-state index contributed by atoms with van der Waals surface area (Å²) in [5, 5.41) is 5.99. The van der Waals surface area contributed by atoms with Crippen molar-refractivity contribution in [3.63, 3.8) is 0 Å². The maximum absolute atomic E-state index is 14.7. The third-order valence-corrected chi connectivity index (χ3v) is 8.97. The molecule has 3 aromatic carbocycles. The van der Waals surface area contributed by atoms with Gasteiger partial charge in [0.15, 0.2) is 0 Å². The lowest BCUT2D eigenvalue weighted by molar-refractivity contribution is -0.0341. The van der Waals surface area contributed by atoms with Crippen LogP contribution in [0.1, 0.15) is 41.6 Å².